The summed E-state index contributed by atoms with van der Waals surface area (Å²) in [6.45, 7) is 2.42. The summed E-state index contributed by atoms with van der Waals surface area (Å²) >= 11 is 7.58. The van der Waals surface area contributed by atoms with Crippen LogP contribution in [0.15, 0.2) is 76.8 Å². The van der Waals surface area contributed by atoms with E-state index in [-0.39, 0.29) is 5.91 Å². The molecular weight excluding hydrogens is 368 g/mol. The number of anilines is 1. The van der Waals surface area contributed by atoms with E-state index in [0.29, 0.717) is 33.7 Å². The SMILES string of the molecule is CCOc1ccccc1NC(=O)c1cccnc1Sc1ccccc1Cl. The standard InChI is InChI=1S/C20H17ClN2O2S/c1-2-25-17-11-5-4-10-16(17)23-19(24)14-8-7-13-22-20(14)26-18-12-6-3-9-15(18)21/h3-13H,2H2,1H3,(H,23,24). The highest BCUT2D eigenvalue weighted by Crippen LogP contribution is 2.34. The quantitative estimate of drug-likeness (QED) is 0.606. The molecule has 1 heterocycles. The lowest BCUT2D eigenvalue weighted by Crippen LogP contribution is -2.14. The summed E-state index contributed by atoms with van der Waals surface area (Å²) in [5.41, 5.74) is 1.10. The second-order valence-corrected chi connectivity index (χ2v) is 6.71. The van der Waals surface area contributed by atoms with Gasteiger partial charge in [0.2, 0.25) is 0 Å². The molecule has 0 atom stereocenters. The first-order valence-corrected chi connectivity index (χ1v) is 9.29. The van der Waals surface area contributed by atoms with Gasteiger partial charge < -0.3 is 10.1 Å². The molecule has 0 radical (unpaired) electrons. The Bertz CT molecular complexity index is 918. The second kappa shape index (κ2) is 8.74. The minimum Gasteiger partial charge on any atom is -0.492 e. The highest BCUT2D eigenvalue weighted by atomic mass is 35.5. The van der Waals surface area contributed by atoms with Crippen molar-refractivity contribution in [3.63, 3.8) is 0 Å². The number of carbonyl (C=O) groups is 1. The van der Waals surface area contributed by atoms with Gasteiger partial charge in [0, 0.05) is 11.1 Å². The molecule has 0 aliphatic rings. The number of benzene rings is 2. The first-order valence-electron chi connectivity index (χ1n) is 8.09. The van der Waals surface area contributed by atoms with Gasteiger partial charge in [-0.3, -0.25) is 4.79 Å². The number of hydrogen-bond acceptors (Lipinski definition) is 4. The van der Waals surface area contributed by atoms with Crippen LogP contribution >= 0.6 is 23.4 Å². The van der Waals surface area contributed by atoms with Crippen molar-refractivity contribution in [2.45, 2.75) is 16.8 Å². The molecular formula is C20H17ClN2O2S. The van der Waals surface area contributed by atoms with Crippen molar-refractivity contribution in [3.05, 3.63) is 77.4 Å². The molecule has 3 aromatic rings. The molecule has 1 aromatic heterocycles. The maximum Gasteiger partial charge on any atom is 0.258 e. The van der Waals surface area contributed by atoms with E-state index >= 15 is 0 Å². The van der Waals surface area contributed by atoms with Gasteiger partial charge in [-0.25, -0.2) is 4.98 Å². The summed E-state index contributed by atoms with van der Waals surface area (Å²) in [7, 11) is 0. The van der Waals surface area contributed by atoms with Crippen molar-refractivity contribution in [3.8, 4) is 5.75 Å². The van der Waals surface area contributed by atoms with Gasteiger partial charge in [0.05, 0.1) is 22.9 Å². The van der Waals surface area contributed by atoms with Gasteiger partial charge in [0.1, 0.15) is 10.8 Å². The van der Waals surface area contributed by atoms with E-state index in [1.807, 2.05) is 49.4 Å². The molecule has 2 aromatic carbocycles. The van der Waals surface area contributed by atoms with Crippen LogP contribution in [-0.2, 0) is 0 Å². The number of aromatic nitrogens is 1. The summed E-state index contributed by atoms with van der Waals surface area (Å²) in [6.07, 6.45) is 1.66. The molecule has 26 heavy (non-hydrogen) atoms. The zero-order chi connectivity index (χ0) is 18.4. The molecule has 3 rings (SSSR count). The highest BCUT2D eigenvalue weighted by Gasteiger charge is 2.16. The van der Waals surface area contributed by atoms with E-state index < -0.39 is 0 Å². The van der Waals surface area contributed by atoms with Crippen LogP contribution in [0.1, 0.15) is 17.3 Å². The van der Waals surface area contributed by atoms with Gasteiger partial charge in [0.25, 0.3) is 5.91 Å². The van der Waals surface area contributed by atoms with E-state index in [0.717, 1.165) is 4.90 Å². The van der Waals surface area contributed by atoms with E-state index in [1.54, 1.807) is 24.4 Å². The number of nitrogens with zero attached hydrogens (tertiary/aromatic N) is 1. The first-order chi connectivity index (χ1) is 12.7. The molecule has 0 aliphatic carbocycles. The maximum atomic E-state index is 12.8. The third-order valence-corrected chi connectivity index (χ3v) is 5.03. The number of ether oxygens (including phenoxy) is 1. The summed E-state index contributed by atoms with van der Waals surface area (Å²) in [5, 5.41) is 4.11. The van der Waals surface area contributed by atoms with Gasteiger partial charge in [-0.2, -0.15) is 0 Å². The lowest BCUT2D eigenvalue weighted by Gasteiger charge is -2.13. The summed E-state index contributed by atoms with van der Waals surface area (Å²) in [6, 6.07) is 18.3. The van der Waals surface area contributed by atoms with E-state index in [2.05, 4.69) is 10.3 Å². The van der Waals surface area contributed by atoms with Crippen molar-refractivity contribution in [1.82, 2.24) is 4.98 Å². The maximum absolute atomic E-state index is 12.8. The number of rotatable bonds is 6. The fourth-order valence-corrected chi connectivity index (χ4v) is 3.47. The van der Waals surface area contributed by atoms with Crippen LogP contribution in [0.2, 0.25) is 5.02 Å². The Morgan fingerprint density at radius 1 is 1.12 bits per heavy atom. The average molecular weight is 385 g/mol. The number of hydrogen-bond donors (Lipinski definition) is 1. The average Bonchev–Trinajstić information content (AvgIpc) is 2.66. The molecule has 0 bridgehead atoms. The van der Waals surface area contributed by atoms with E-state index in [9.17, 15) is 4.79 Å². The van der Waals surface area contributed by atoms with Gasteiger partial charge >= 0.3 is 0 Å². The molecule has 4 nitrogen and oxygen atoms in total. The lowest BCUT2D eigenvalue weighted by molar-refractivity contribution is 0.102. The van der Waals surface area contributed by atoms with Gasteiger partial charge in [0.15, 0.2) is 0 Å². The van der Waals surface area contributed by atoms with Crippen molar-refractivity contribution < 1.29 is 9.53 Å². The van der Waals surface area contributed by atoms with Crippen LogP contribution in [0.4, 0.5) is 5.69 Å². The molecule has 1 amide bonds. The van der Waals surface area contributed by atoms with Gasteiger partial charge in [-0.15, -0.1) is 0 Å². The summed E-state index contributed by atoms with van der Waals surface area (Å²) in [5.74, 6) is 0.382. The Balaban J connectivity index is 1.86. The number of amides is 1. The Labute approximate surface area is 161 Å². The highest BCUT2D eigenvalue weighted by molar-refractivity contribution is 7.99. The fourth-order valence-electron chi connectivity index (χ4n) is 2.32. The Kier molecular flexibility index (Phi) is 6.15. The zero-order valence-corrected chi connectivity index (χ0v) is 15.7. The number of nitrogens with one attached hydrogen (secondary N) is 1. The summed E-state index contributed by atoms with van der Waals surface area (Å²) in [4.78, 5) is 18.0. The summed E-state index contributed by atoms with van der Waals surface area (Å²) < 4.78 is 5.56. The van der Waals surface area contributed by atoms with Crippen LogP contribution < -0.4 is 10.1 Å². The predicted molar refractivity (Wildman–Crippen MR) is 105 cm³/mol. The van der Waals surface area contributed by atoms with E-state index in [1.165, 1.54) is 11.8 Å². The van der Waals surface area contributed by atoms with Gasteiger partial charge in [-0.05, 0) is 43.3 Å². The van der Waals surface area contributed by atoms with Crippen LogP contribution in [0.3, 0.4) is 0 Å². The van der Waals surface area contributed by atoms with Crippen molar-refractivity contribution >= 4 is 35.0 Å². The number of para-hydroxylation sites is 2. The molecule has 0 saturated heterocycles. The molecule has 1 N–H and O–H groups in total. The second-order valence-electron chi connectivity index (χ2n) is 5.27. The minimum atomic E-state index is -0.250. The molecule has 0 aliphatic heterocycles. The van der Waals surface area contributed by atoms with E-state index in [4.69, 9.17) is 16.3 Å². The van der Waals surface area contributed by atoms with Crippen LogP contribution in [0, 0.1) is 0 Å². The van der Waals surface area contributed by atoms with Crippen LogP contribution in [0.5, 0.6) is 5.75 Å². The topological polar surface area (TPSA) is 51.2 Å². The largest absolute Gasteiger partial charge is 0.492 e. The number of pyridine rings is 1. The van der Waals surface area contributed by atoms with Gasteiger partial charge in [-0.1, -0.05) is 47.6 Å². The molecule has 0 spiro atoms. The lowest BCUT2D eigenvalue weighted by atomic mass is 10.2. The van der Waals surface area contributed by atoms with Crippen LogP contribution in [0.25, 0.3) is 0 Å². The minimum absolute atomic E-state index is 0.250. The predicted octanol–water partition coefficient (Wildman–Crippen LogP) is 5.54. The van der Waals surface area contributed by atoms with Crippen molar-refractivity contribution in [2.75, 3.05) is 11.9 Å². The fraction of sp³-hybridized carbons (Fsp3) is 0.100. The number of halogens is 1. The number of carbonyl (C=O) groups excluding carboxylic acids is 1. The molecule has 0 saturated carbocycles. The third kappa shape index (κ3) is 4.36. The molecule has 132 valence electrons. The molecule has 0 unspecified atom stereocenters. The Morgan fingerprint density at radius 3 is 2.69 bits per heavy atom. The Morgan fingerprint density at radius 2 is 1.88 bits per heavy atom. The third-order valence-electron chi connectivity index (χ3n) is 3.49. The Hall–Kier alpha value is -2.50. The van der Waals surface area contributed by atoms with Crippen LogP contribution in [-0.4, -0.2) is 17.5 Å². The normalized spacial score (nSPS) is 10.4. The van der Waals surface area contributed by atoms with Crippen molar-refractivity contribution in [2.24, 2.45) is 0 Å². The zero-order valence-electron chi connectivity index (χ0n) is 14.1. The molecule has 0 fully saturated rings. The monoisotopic (exact) mass is 384 g/mol. The molecule has 6 heteroatoms. The van der Waals surface area contributed by atoms with Crippen molar-refractivity contribution in [1.29, 1.82) is 0 Å². The first kappa shape index (κ1) is 18.3. The smallest absolute Gasteiger partial charge is 0.258 e.